The smallest absolute Gasteiger partial charge is 0.303 e. The van der Waals surface area contributed by atoms with Gasteiger partial charge in [0.25, 0.3) is 0 Å². The zero-order valence-electron chi connectivity index (χ0n) is 9.58. The van der Waals surface area contributed by atoms with Gasteiger partial charge < -0.3 is 10.4 Å². The zero-order chi connectivity index (χ0) is 11.7. The Morgan fingerprint density at radius 3 is 2.47 bits per heavy atom. The van der Waals surface area contributed by atoms with Crippen LogP contribution in [0.3, 0.4) is 0 Å². The monoisotopic (exact) mass is 215 g/mol. The van der Waals surface area contributed by atoms with Crippen molar-refractivity contribution in [3.63, 3.8) is 0 Å². The molecular weight excluding hydrogens is 194 g/mol. The minimum atomic E-state index is -0.927. The Hall–Kier alpha value is -1.06. The zero-order valence-corrected chi connectivity index (χ0v) is 9.58. The molecular formula is C11H21NO3. The number of carboxylic acid groups (broad SMARTS) is 1. The van der Waals surface area contributed by atoms with Gasteiger partial charge in [-0.15, -0.1) is 0 Å². The first kappa shape index (κ1) is 13.9. The summed E-state index contributed by atoms with van der Waals surface area (Å²) in [5.41, 5.74) is 0. The van der Waals surface area contributed by atoms with E-state index >= 15 is 0 Å². The molecule has 1 atom stereocenters. The van der Waals surface area contributed by atoms with Gasteiger partial charge in [0.05, 0.1) is 6.42 Å². The van der Waals surface area contributed by atoms with Crippen LogP contribution >= 0.6 is 0 Å². The number of rotatable bonds is 8. The van der Waals surface area contributed by atoms with E-state index in [4.69, 9.17) is 5.11 Å². The van der Waals surface area contributed by atoms with Crippen molar-refractivity contribution < 1.29 is 14.7 Å². The first-order valence-electron chi connectivity index (χ1n) is 5.57. The van der Waals surface area contributed by atoms with Crippen LogP contribution in [0.25, 0.3) is 0 Å². The second-order valence-corrected chi connectivity index (χ2v) is 3.86. The van der Waals surface area contributed by atoms with E-state index in [1.807, 2.05) is 6.92 Å². The number of hydrogen-bond acceptors (Lipinski definition) is 2. The molecule has 0 saturated carbocycles. The summed E-state index contributed by atoms with van der Waals surface area (Å²) in [5, 5.41) is 11.2. The van der Waals surface area contributed by atoms with Gasteiger partial charge in [0.2, 0.25) is 5.91 Å². The lowest BCUT2D eigenvalue weighted by Gasteiger charge is -2.12. The molecule has 0 aliphatic carbocycles. The van der Waals surface area contributed by atoms with Gasteiger partial charge in [0.15, 0.2) is 0 Å². The fraction of sp³-hybridized carbons (Fsp3) is 0.818. The molecule has 0 rings (SSSR count). The molecule has 0 bridgehead atoms. The van der Waals surface area contributed by atoms with Gasteiger partial charge in [-0.2, -0.15) is 0 Å². The molecule has 0 saturated heterocycles. The van der Waals surface area contributed by atoms with E-state index in [2.05, 4.69) is 12.2 Å². The van der Waals surface area contributed by atoms with Crippen LogP contribution in [0, 0.1) is 0 Å². The van der Waals surface area contributed by atoms with Crippen molar-refractivity contribution in [2.75, 3.05) is 0 Å². The first-order chi connectivity index (χ1) is 7.06. The van der Waals surface area contributed by atoms with Gasteiger partial charge >= 0.3 is 5.97 Å². The van der Waals surface area contributed by atoms with E-state index in [9.17, 15) is 9.59 Å². The molecule has 0 radical (unpaired) electrons. The molecule has 0 aliphatic heterocycles. The Morgan fingerprint density at radius 1 is 1.27 bits per heavy atom. The van der Waals surface area contributed by atoms with Crippen molar-refractivity contribution in [2.45, 2.75) is 58.4 Å². The van der Waals surface area contributed by atoms with Crippen LogP contribution in [-0.4, -0.2) is 23.0 Å². The lowest BCUT2D eigenvalue weighted by molar-refractivity contribution is -0.138. The van der Waals surface area contributed by atoms with Gasteiger partial charge in [-0.25, -0.2) is 0 Å². The largest absolute Gasteiger partial charge is 0.481 e. The van der Waals surface area contributed by atoms with Crippen LogP contribution in [0.2, 0.25) is 0 Å². The lowest BCUT2D eigenvalue weighted by atomic mass is 10.1. The van der Waals surface area contributed by atoms with Gasteiger partial charge in [-0.05, 0) is 13.3 Å². The average molecular weight is 215 g/mol. The van der Waals surface area contributed by atoms with Crippen molar-refractivity contribution in [3.8, 4) is 0 Å². The highest BCUT2D eigenvalue weighted by Gasteiger charge is 2.08. The molecule has 0 aliphatic rings. The summed E-state index contributed by atoms with van der Waals surface area (Å²) in [6.45, 7) is 4.09. The third kappa shape index (κ3) is 9.25. The Morgan fingerprint density at radius 2 is 1.93 bits per heavy atom. The molecule has 1 amide bonds. The molecule has 0 aromatic heterocycles. The number of carbonyl (C=O) groups is 2. The van der Waals surface area contributed by atoms with Crippen LogP contribution in [0.5, 0.6) is 0 Å². The maximum Gasteiger partial charge on any atom is 0.303 e. The summed E-state index contributed by atoms with van der Waals surface area (Å²) in [6, 6.07) is 0.151. The average Bonchev–Trinajstić information content (AvgIpc) is 2.15. The van der Waals surface area contributed by atoms with Crippen LogP contribution < -0.4 is 5.32 Å². The number of amides is 1. The van der Waals surface area contributed by atoms with Gasteiger partial charge in [-0.1, -0.05) is 26.2 Å². The highest BCUT2D eigenvalue weighted by molar-refractivity contribution is 5.80. The van der Waals surface area contributed by atoms with Crippen molar-refractivity contribution in [2.24, 2.45) is 0 Å². The van der Waals surface area contributed by atoms with Crippen LogP contribution in [0.4, 0.5) is 0 Å². The maximum absolute atomic E-state index is 11.2. The first-order valence-corrected chi connectivity index (χ1v) is 5.57. The van der Waals surface area contributed by atoms with E-state index in [0.29, 0.717) is 0 Å². The second kappa shape index (κ2) is 8.26. The SMILES string of the molecule is CCCCC[C@H](C)NC(=O)CCC(=O)O. The highest BCUT2D eigenvalue weighted by Crippen LogP contribution is 2.03. The fourth-order valence-corrected chi connectivity index (χ4v) is 1.34. The summed E-state index contributed by atoms with van der Waals surface area (Å²) >= 11 is 0. The summed E-state index contributed by atoms with van der Waals surface area (Å²) in [7, 11) is 0. The summed E-state index contributed by atoms with van der Waals surface area (Å²) in [6.07, 6.45) is 4.40. The Balaban J connectivity index is 3.53. The van der Waals surface area contributed by atoms with E-state index < -0.39 is 5.97 Å². The third-order valence-electron chi connectivity index (χ3n) is 2.21. The van der Waals surface area contributed by atoms with Crippen molar-refractivity contribution in [1.82, 2.24) is 5.32 Å². The third-order valence-corrected chi connectivity index (χ3v) is 2.21. The molecule has 0 aromatic carbocycles. The number of nitrogens with one attached hydrogen (secondary N) is 1. The van der Waals surface area contributed by atoms with E-state index in [1.165, 1.54) is 12.8 Å². The number of carboxylic acids is 1. The number of carbonyl (C=O) groups excluding carboxylic acids is 1. The molecule has 4 heteroatoms. The molecule has 88 valence electrons. The van der Waals surface area contributed by atoms with Gasteiger partial charge in [0.1, 0.15) is 0 Å². The number of aliphatic carboxylic acids is 1. The fourth-order valence-electron chi connectivity index (χ4n) is 1.34. The summed E-state index contributed by atoms with van der Waals surface area (Å²) in [5.74, 6) is -1.09. The Bertz CT molecular complexity index is 204. The van der Waals surface area contributed by atoms with E-state index in [1.54, 1.807) is 0 Å². The Kier molecular flexibility index (Phi) is 7.68. The molecule has 0 aromatic rings. The standard InChI is InChI=1S/C11H21NO3/c1-3-4-5-6-9(2)12-10(13)7-8-11(14)15/h9H,3-8H2,1-2H3,(H,12,13)(H,14,15)/t9-/m0/s1. The van der Waals surface area contributed by atoms with Crippen LogP contribution in [0.15, 0.2) is 0 Å². The Labute approximate surface area is 91.1 Å². The maximum atomic E-state index is 11.2. The van der Waals surface area contributed by atoms with Crippen molar-refractivity contribution >= 4 is 11.9 Å². The molecule has 2 N–H and O–H groups in total. The summed E-state index contributed by atoms with van der Waals surface area (Å²) in [4.78, 5) is 21.4. The topological polar surface area (TPSA) is 66.4 Å². The molecule has 0 unspecified atom stereocenters. The van der Waals surface area contributed by atoms with E-state index in [0.717, 1.165) is 12.8 Å². The van der Waals surface area contributed by atoms with Crippen molar-refractivity contribution in [3.05, 3.63) is 0 Å². The predicted molar refractivity (Wildman–Crippen MR) is 58.6 cm³/mol. The normalized spacial score (nSPS) is 12.1. The molecule has 4 nitrogen and oxygen atoms in total. The molecule has 0 fully saturated rings. The lowest BCUT2D eigenvalue weighted by Crippen LogP contribution is -2.32. The number of unbranched alkanes of at least 4 members (excludes halogenated alkanes) is 2. The minimum Gasteiger partial charge on any atom is -0.481 e. The van der Waals surface area contributed by atoms with Crippen LogP contribution in [-0.2, 0) is 9.59 Å². The molecule has 0 heterocycles. The highest BCUT2D eigenvalue weighted by atomic mass is 16.4. The summed E-state index contributed by atoms with van der Waals surface area (Å²) < 4.78 is 0. The number of hydrogen-bond donors (Lipinski definition) is 2. The van der Waals surface area contributed by atoms with E-state index in [-0.39, 0.29) is 24.8 Å². The quantitative estimate of drug-likeness (QED) is 0.608. The predicted octanol–water partition coefficient (Wildman–Crippen LogP) is 1.94. The van der Waals surface area contributed by atoms with Gasteiger partial charge in [0, 0.05) is 12.5 Å². The molecule has 15 heavy (non-hydrogen) atoms. The molecule has 0 spiro atoms. The van der Waals surface area contributed by atoms with Crippen molar-refractivity contribution in [1.29, 1.82) is 0 Å². The van der Waals surface area contributed by atoms with Gasteiger partial charge in [-0.3, -0.25) is 9.59 Å². The minimum absolute atomic E-state index is 0.0768. The second-order valence-electron chi connectivity index (χ2n) is 3.86. The van der Waals surface area contributed by atoms with Crippen LogP contribution in [0.1, 0.15) is 52.4 Å².